The lowest BCUT2D eigenvalue weighted by Crippen LogP contribution is -2.38. The van der Waals surface area contributed by atoms with Gasteiger partial charge in [0.05, 0.1) is 0 Å². The summed E-state index contributed by atoms with van der Waals surface area (Å²) in [6.07, 6.45) is -1.11. The molecule has 0 N–H and O–H groups in total. The number of ether oxygens (including phenoxy) is 1. The molecular weight excluding hydrogens is 320 g/mol. The molecule has 1 aromatic heterocycles. The third-order valence-corrected chi connectivity index (χ3v) is 4.61. The van der Waals surface area contributed by atoms with Crippen LogP contribution >= 0.6 is 11.3 Å². The number of likely N-dealkylation sites (N-methyl/N-ethyl adjacent to an activating group) is 1. The molecule has 1 aliphatic rings. The summed E-state index contributed by atoms with van der Waals surface area (Å²) in [5.74, 6) is -1.15. The predicted molar refractivity (Wildman–Crippen MR) is 84.0 cm³/mol. The van der Waals surface area contributed by atoms with Gasteiger partial charge in [-0.15, -0.1) is 10.2 Å². The molecule has 9 heteroatoms. The first-order valence-electron chi connectivity index (χ1n) is 7.38. The van der Waals surface area contributed by atoms with Crippen LogP contribution in [0.25, 0.3) is 0 Å². The Hall–Kier alpha value is -2.03. The van der Waals surface area contributed by atoms with Crippen LogP contribution in [0.2, 0.25) is 0 Å². The van der Waals surface area contributed by atoms with Crippen molar-refractivity contribution in [3.05, 3.63) is 5.01 Å². The Balaban J connectivity index is 2.32. The van der Waals surface area contributed by atoms with Crippen LogP contribution in [0.5, 0.6) is 0 Å². The molecule has 1 aromatic rings. The molecule has 0 aromatic carbocycles. The van der Waals surface area contributed by atoms with E-state index in [1.165, 1.54) is 16.2 Å². The quantitative estimate of drug-likeness (QED) is 0.614. The van der Waals surface area contributed by atoms with Gasteiger partial charge in [-0.3, -0.25) is 14.5 Å². The number of rotatable bonds is 4. The molecule has 1 aliphatic heterocycles. The van der Waals surface area contributed by atoms with Gasteiger partial charge in [-0.2, -0.15) is 4.90 Å². The van der Waals surface area contributed by atoms with E-state index < -0.39 is 24.1 Å². The van der Waals surface area contributed by atoms with E-state index in [4.69, 9.17) is 4.74 Å². The molecule has 1 unspecified atom stereocenters. The van der Waals surface area contributed by atoms with Crippen molar-refractivity contribution < 1.29 is 19.1 Å². The van der Waals surface area contributed by atoms with Gasteiger partial charge in [0.2, 0.25) is 5.13 Å². The molecule has 2 heterocycles. The number of carbonyl (C=O) groups is 3. The summed E-state index contributed by atoms with van der Waals surface area (Å²) < 4.78 is 5.10. The zero-order valence-corrected chi connectivity index (χ0v) is 14.6. The van der Waals surface area contributed by atoms with Gasteiger partial charge in [0.25, 0.3) is 12.1 Å². The lowest BCUT2D eigenvalue weighted by atomic mass is 9.98. The molecule has 1 saturated heterocycles. The summed E-state index contributed by atoms with van der Waals surface area (Å²) in [5, 5.41) is 8.91. The van der Waals surface area contributed by atoms with Crippen LogP contribution in [-0.2, 0) is 19.7 Å². The first-order valence-corrected chi connectivity index (χ1v) is 8.20. The second-order valence-electron chi connectivity index (χ2n) is 6.08. The number of aromatic nitrogens is 2. The van der Waals surface area contributed by atoms with Gasteiger partial charge < -0.3 is 4.74 Å². The average Bonchev–Trinajstić information content (AvgIpc) is 3.03. The van der Waals surface area contributed by atoms with E-state index in [9.17, 15) is 14.4 Å². The minimum Gasteiger partial charge on any atom is -0.432 e. The number of amides is 3. The highest BCUT2D eigenvalue weighted by Crippen LogP contribution is 2.33. The number of hydrogen-bond donors (Lipinski definition) is 0. The van der Waals surface area contributed by atoms with Crippen molar-refractivity contribution in [2.24, 2.45) is 0 Å². The summed E-state index contributed by atoms with van der Waals surface area (Å²) >= 11 is 1.18. The third kappa shape index (κ3) is 3.19. The zero-order valence-electron chi connectivity index (χ0n) is 13.8. The monoisotopic (exact) mass is 340 g/mol. The van der Waals surface area contributed by atoms with E-state index in [-0.39, 0.29) is 23.5 Å². The fourth-order valence-electron chi connectivity index (χ4n) is 1.97. The molecule has 23 heavy (non-hydrogen) atoms. The van der Waals surface area contributed by atoms with Crippen molar-refractivity contribution in [3.8, 4) is 0 Å². The molecule has 126 valence electrons. The SMILES string of the molecule is CCC(=O)OC1C(=O)N(c2nnc(C(C)(C)C)s2)C(=O)N1CC. The summed E-state index contributed by atoms with van der Waals surface area (Å²) in [7, 11) is 0. The van der Waals surface area contributed by atoms with Crippen LogP contribution in [0.3, 0.4) is 0 Å². The maximum atomic E-state index is 12.5. The van der Waals surface area contributed by atoms with Gasteiger partial charge >= 0.3 is 12.0 Å². The Labute approximate surface area is 138 Å². The van der Waals surface area contributed by atoms with E-state index in [0.717, 1.165) is 4.90 Å². The van der Waals surface area contributed by atoms with Crippen LogP contribution in [-0.4, -0.2) is 45.8 Å². The van der Waals surface area contributed by atoms with Crippen molar-refractivity contribution in [2.75, 3.05) is 11.4 Å². The largest absolute Gasteiger partial charge is 0.432 e. The predicted octanol–water partition coefficient (Wildman–Crippen LogP) is 1.90. The van der Waals surface area contributed by atoms with Gasteiger partial charge in [0.15, 0.2) is 0 Å². The molecule has 1 fully saturated rings. The van der Waals surface area contributed by atoms with Gasteiger partial charge in [-0.1, -0.05) is 39.0 Å². The zero-order chi connectivity index (χ0) is 17.4. The minimum absolute atomic E-state index is 0.127. The molecular formula is C14H20N4O4S. The van der Waals surface area contributed by atoms with Gasteiger partial charge in [-0.05, 0) is 6.92 Å². The van der Waals surface area contributed by atoms with E-state index >= 15 is 0 Å². The fourth-order valence-corrected chi connectivity index (χ4v) is 2.88. The van der Waals surface area contributed by atoms with Crippen LogP contribution in [0.15, 0.2) is 0 Å². The Bertz CT molecular complexity index is 637. The Morgan fingerprint density at radius 2 is 1.91 bits per heavy atom. The number of esters is 1. The molecule has 0 radical (unpaired) electrons. The second kappa shape index (κ2) is 6.23. The van der Waals surface area contributed by atoms with Crippen molar-refractivity contribution in [2.45, 2.75) is 52.7 Å². The Morgan fingerprint density at radius 1 is 1.26 bits per heavy atom. The summed E-state index contributed by atoms with van der Waals surface area (Å²) in [6.45, 7) is 9.48. The Morgan fingerprint density at radius 3 is 2.39 bits per heavy atom. The van der Waals surface area contributed by atoms with Gasteiger partial charge in [-0.25, -0.2) is 4.79 Å². The van der Waals surface area contributed by atoms with E-state index in [1.54, 1.807) is 13.8 Å². The highest BCUT2D eigenvalue weighted by atomic mass is 32.1. The smallest absolute Gasteiger partial charge is 0.336 e. The van der Waals surface area contributed by atoms with E-state index in [2.05, 4.69) is 10.2 Å². The molecule has 0 aliphatic carbocycles. The summed E-state index contributed by atoms with van der Waals surface area (Å²) in [4.78, 5) is 38.6. The van der Waals surface area contributed by atoms with Gasteiger partial charge in [0, 0.05) is 18.4 Å². The first-order chi connectivity index (χ1) is 10.7. The highest BCUT2D eigenvalue weighted by Gasteiger charge is 2.49. The maximum Gasteiger partial charge on any atom is 0.336 e. The number of urea groups is 1. The van der Waals surface area contributed by atoms with Crippen molar-refractivity contribution in [1.82, 2.24) is 15.1 Å². The summed E-state index contributed by atoms with van der Waals surface area (Å²) in [5.41, 5.74) is -0.236. The number of anilines is 1. The molecule has 0 bridgehead atoms. The van der Waals surface area contributed by atoms with Crippen LogP contribution in [0.4, 0.5) is 9.93 Å². The minimum atomic E-state index is -1.23. The molecule has 8 nitrogen and oxygen atoms in total. The number of carbonyl (C=O) groups excluding carboxylic acids is 3. The second-order valence-corrected chi connectivity index (χ2v) is 7.03. The standard InChI is InChI=1S/C14H20N4O4S/c1-6-8(19)22-10-9(20)18(13(21)17(10)7-2)12-16-15-11(23-12)14(3,4)5/h10H,6-7H2,1-5H3. The normalized spacial score (nSPS) is 18.7. The Kier molecular flexibility index (Phi) is 4.69. The molecule has 0 saturated carbocycles. The topological polar surface area (TPSA) is 92.7 Å². The molecule has 3 amide bonds. The number of nitrogens with zero attached hydrogens (tertiary/aromatic N) is 4. The first kappa shape index (κ1) is 17.3. The van der Waals surface area contributed by atoms with Crippen LogP contribution < -0.4 is 4.90 Å². The molecule has 2 rings (SSSR count). The van der Waals surface area contributed by atoms with Crippen molar-refractivity contribution in [1.29, 1.82) is 0 Å². The average molecular weight is 340 g/mol. The lowest BCUT2D eigenvalue weighted by molar-refractivity contribution is -0.160. The number of hydrogen-bond acceptors (Lipinski definition) is 7. The van der Waals surface area contributed by atoms with Gasteiger partial charge in [0.1, 0.15) is 5.01 Å². The van der Waals surface area contributed by atoms with E-state index in [1.807, 2.05) is 20.8 Å². The summed E-state index contributed by atoms with van der Waals surface area (Å²) in [6, 6.07) is -0.553. The maximum absolute atomic E-state index is 12.5. The highest BCUT2D eigenvalue weighted by molar-refractivity contribution is 7.15. The van der Waals surface area contributed by atoms with Crippen LogP contribution in [0, 0.1) is 0 Å². The van der Waals surface area contributed by atoms with Crippen molar-refractivity contribution in [3.63, 3.8) is 0 Å². The van der Waals surface area contributed by atoms with E-state index in [0.29, 0.717) is 5.01 Å². The lowest BCUT2D eigenvalue weighted by Gasteiger charge is -2.19. The molecule has 0 spiro atoms. The molecule has 1 atom stereocenters. The van der Waals surface area contributed by atoms with Crippen LogP contribution in [0.1, 0.15) is 46.0 Å². The third-order valence-electron chi connectivity index (χ3n) is 3.27. The van der Waals surface area contributed by atoms with Crippen molar-refractivity contribution >= 4 is 34.4 Å². The fraction of sp³-hybridized carbons (Fsp3) is 0.643. The number of imide groups is 1.